The fourth-order valence-corrected chi connectivity index (χ4v) is 4.02. The zero-order valence-electron chi connectivity index (χ0n) is 22.7. The molecule has 0 unspecified atom stereocenters. The summed E-state index contributed by atoms with van der Waals surface area (Å²) in [6, 6.07) is 26.7. The summed E-state index contributed by atoms with van der Waals surface area (Å²) >= 11 is 6.22. The van der Waals surface area contributed by atoms with Crippen LogP contribution in [0.4, 0.5) is 5.69 Å². The lowest BCUT2D eigenvalue weighted by molar-refractivity contribution is -0.115. The van der Waals surface area contributed by atoms with Gasteiger partial charge in [-0.2, -0.15) is 5.10 Å². The molecule has 0 atom stereocenters. The number of carbonyl (C=O) groups excluding carboxylic acids is 2. The molecule has 0 spiro atoms. The minimum absolute atomic E-state index is 0.163. The smallest absolute Gasteiger partial charge is 0.271 e. The Morgan fingerprint density at radius 3 is 2.37 bits per heavy atom. The molecular weight excluding hydrogens is 542 g/mol. The molecule has 4 aromatic rings. The van der Waals surface area contributed by atoms with Gasteiger partial charge in [0.25, 0.3) is 5.91 Å². The van der Waals surface area contributed by atoms with Gasteiger partial charge in [-0.1, -0.05) is 41.9 Å². The van der Waals surface area contributed by atoms with Crippen LogP contribution < -0.4 is 25.0 Å². The zero-order chi connectivity index (χ0) is 29.0. The molecule has 8 nitrogen and oxygen atoms in total. The summed E-state index contributed by atoms with van der Waals surface area (Å²) in [6.07, 6.45) is 1.74. The number of benzene rings is 4. The zero-order valence-corrected chi connectivity index (χ0v) is 23.5. The second-order valence-electron chi connectivity index (χ2n) is 8.87. The molecule has 4 rings (SSSR count). The van der Waals surface area contributed by atoms with Crippen molar-refractivity contribution in [1.82, 2.24) is 5.43 Å². The van der Waals surface area contributed by atoms with Crippen LogP contribution in [0, 0.1) is 0 Å². The van der Waals surface area contributed by atoms with E-state index in [4.69, 9.17) is 25.8 Å². The van der Waals surface area contributed by atoms with Gasteiger partial charge in [-0.05, 0) is 78.7 Å². The van der Waals surface area contributed by atoms with E-state index >= 15 is 0 Å². The number of anilines is 1. The summed E-state index contributed by atoms with van der Waals surface area (Å²) in [5, 5.41) is 7.53. The molecule has 2 N–H and O–H groups in total. The number of hydrogen-bond acceptors (Lipinski definition) is 6. The predicted molar refractivity (Wildman–Crippen MR) is 160 cm³/mol. The number of nitrogens with zero attached hydrogens (tertiary/aromatic N) is 1. The van der Waals surface area contributed by atoms with Crippen LogP contribution in [-0.4, -0.2) is 31.7 Å². The summed E-state index contributed by atoms with van der Waals surface area (Å²) in [4.78, 5) is 24.9. The van der Waals surface area contributed by atoms with E-state index < -0.39 is 0 Å². The van der Waals surface area contributed by atoms with Gasteiger partial charge in [-0.15, -0.1) is 0 Å². The number of nitrogens with one attached hydrogen (secondary N) is 2. The van der Waals surface area contributed by atoms with E-state index in [2.05, 4.69) is 15.8 Å². The summed E-state index contributed by atoms with van der Waals surface area (Å²) in [7, 11) is 1.59. The quantitative estimate of drug-likeness (QED) is 0.154. The summed E-state index contributed by atoms with van der Waals surface area (Å²) in [5.74, 6) is 1.31. The monoisotopic (exact) mass is 571 g/mol. The first kappa shape index (κ1) is 29.2. The maximum Gasteiger partial charge on any atom is 0.271 e. The summed E-state index contributed by atoms with van der Waals surface area (Å²) in [6.45, 7) is 2.64. The minimum atomic E-state index is -0.387. The first-order valence-corrected chi connectivity index (χ1v) is 13.3. The van der Waals surface area contributed by atoms with E-state index in [1.807, 2.05) is 61.5 Å². The number of rotatable bonds is 12. The fourth-order valence-electron chi connectivity index (χ4n) is 3.83. The van der Waals surface area contributed by atoms with Gasteiger partial charge in [-0.3, -0.25) is 9.59 Å². The Bertz CT molecular complexity index is 1510. The van der Waals surface area contributed by atoms with Crippen molar-refractivity contribution >= 4 is 35.3 Å². The largest absolute Gasteiger partial charge is 0.497 e. The third kappa shape index (κ3) is 8.58. The first-order chi connectivity index (χ1) is 19.9. The number of amides is 2. The van der Waals surface area contributed by atoms with Crippen molar-refractivity contribution in [3.8, 4) is 17.2 Å². The molecule has 0 bridgehead atoms. The van der Waals surface area contributed by atoms with Gasteiger partial charge in [0.15, 0.2) is 11.5 Å². The average Bonchev–Trinajstić information content (AvgIpc) is 2.98. The van der Waals surface area contributed by atoms with Crippen LogP contribution in [0.2, 0.25) is 5.02 Å². The molecule has 0 saturated heterocycles. The number of methoxy groups -OCH3 is 1. The fraction of sp³-hybridized carbons (Fsp3) is 0.156. The molecule has 0 saturated carbocycles. The highest BCUT2D eigenvalue weighted by Crippen LogP contribution is 2.29. The van der Waals surface area contributed by atoms with E-state index in [-0.39, 0.29) is 18.2 Å². The van der Waals surface area contributed by atoms with Crippen molar-refractivity contribution in [3.63, 3.8) is 0 Å². The molecule has 4 aromatic carbocycles. The molecule has 0 aliphatic carbocycles. The standard InChI is InChI=1S/C32H30ClN3O5/c1-3-40-30-18-23(10-17-29(30)41-21-25-6-4-5-7-28(25)33)20-34-36-32(38)24-11-13-26(14-12-24)35-31(37)19-22-8-15-27(39-2)16-9-22/h4-18,20H,3,19,21H2,1-2H3,(H,35,37)(H,36,38)/b34-20-. The average molecular weight is 572 g/mol. The van der Waals surface area contributed by atoms with Crippen molar-refractivity contribution in [2.75, 3.05) is 19.0 Å². The molecule has 0 radical (unpaired) electrons. The van der Waals surface area contributed by atoms with Crippen molar-refractivity contribution in [3.05, 3.63) is 118 Å². The van der Waals surface area contributed by atoms with Gasteiger partial charge in [-0.25, -0.2) is 5.43 Å². The Morgan fingerprint density at radius 2 is 1.66 bits per heavy atom. The first-order valence-electron chi connectivity index (χ1n) is 12.9. The molecule has 0 aromatic heterocycles. The van der Waals surface area contributed by atoms with Crippen LogP contribution in [0.25, 0.3) is 0 Å². The Labute approximate surface area is 243 Å². The van der Waals surface area contributed by atoms with Crippen molar-refractivity contribution in [2.24, 2.45) is 5.10 Å². The minimum Gasteiger partial charge on any atom is -0.497 e. The van der Waals surface area contributed by atoms with E-state index in [0.717, 1.165) is 16.9 Å². The van der Waals surface area contributed by atoms with Crippen molar-refractivity contribution in [2.45, 2.75) is 20.0 Å². The van der Waals surface area contributed by atoms with Gasteiger partial charge in [0.05, 0.1) is 26.4 Å². The van der Waals surface area contributed by atoms with Gasteiger partial charge in [0, 0.05) is 21.8 Å². The van der Waals surface area contributed by atoms with Crippen LogP contribution in [0.5, 0.6) is 17.2 Å². The van der Waals surface area contributed by atoms with Crippen LogP contribution in [0.1, 0.15) is 34.0 Å². The second-order valence-corrected chi connectivity index (χ2v) is 9.28. The highest BCUT2D eigenvalue weighted by atomic mass is 35.5. The Balaban J connectivity index is 1.30. The third-order valence-electron chi connectivity index (χ3n) is 5.94. The van der Waals surface area contributed by atoms with Crippen LogP contribution >= 0.6 is 11.6 Å². The summed E-state index contributed by atoms with van der Waals surface area (Å²) in [5.41, 5.74) is 5.95. The van der Waals surface area contributed by atoms with Gasteiger partial charge in [0.1, 0.15) is 12.4 Å². The molecule has 0 fully saturated rings. The van der Waals surface area contributed by atoms with E-state index in [0.29, 0.717) is 46.5 Å². The normalized spacial score (nSPS) is 10.7. The van der Waals surface area contributed by atoms with Crippen LogP contribution in [0.3, 0.4) is 0 Å². The van der Waals surface area contributed by atoms with Gasteiger partial charge in [0.2, 0.25) is 5.91 Å². The lowest BCUT2D eigenvalue weighted by Gasteiger charge is -2.13. The Kier molecular flexibility index (Phi) is 10.3. The number of ether oxygens (including phenoxy) is 3. The Hall–Kier alpha value is -4.82. The number of carbonyl (C=O) groups is 2. The molecule has 9 heteroatoms. The Morgan fingerprint density at radius 1 is 0.902 bits per heavy atom. The van der Waals surface area contributed by atoms with Crippen LogP contribution in [-0.2, 0) is 17.8 Å². The number of hydrazone groups is 1. The molecule has 210 valence electrons. The van der Waals surface area contributed by atoms with Crippen LogP contribution in [0.15, 0.2) is 96.1 Å². The second kappa shape index (κ2) is 14.5. The third-order valence-corrected chi connectivity index (χ3v) is 6.31. The van der Waals surface area contributed by atoms with E-state index in [9.17, 15) is 9.59 Å². The predicted octanol–water partition coefficient (Wildman–Crippen LogP) is 6.27. The molecule has 41 heavy (non-hydrogen) atoms. The molecule has 0 aliphatic rings. The SMILES string of the molecule is CCOc1cc(/C=N\NC(=O)c2ccc(NC(=O)Cc3ccc(OC)cc3)cc2)ccc1OCc1ccccc1Cl. The van der Waals surface area contributed by atoms with Crippen molar-refractivity contribution < 1.29 is 23.8 Å². The van der Waals surface area contributed by atoms with E-state index in [1.54, 1.807) is 43.5 Å². The van der Waals surface area contributed by atoms with Gasteiger partial charge >= 0.3 is 0 Å². The molecule has 0 aliphatic heterocycles. The highest BCUT2D eigenvalue weighted by Gasteiger charge is 2.10. The number of hydrogen-bond donors (Lipinski definition) is 2. The maximum absolute atomic E-state index is 12.6. The topological polar surface area (TPSA) is 98.2 Å². The molecule has 0 heterocycles. The van der Waals surface area contributed by atoms with E-state index in [1.165, 1.54) is 6.21 Å². The summed E-state index contributed by atoms with van der Waals surface area (Å²) < 4.78 is 16.8. The number of halogens is 1. The van der Waals surface area contributed by atoms with Crippen molar-refractivity contribution in [1.29, 1.82) is 0 Å². The maximum atomic E-state index is 12.6. The lowest BCUT2D eigenvalue weighted by atomic mass is 10.1. The highest BCUT2D eigenvalue weighted by molar-refractivity contribution is 6.31. The molecular formula is C32H30ClN3O5. The molecule has 2 amide bonds. The lowest BCUT2D eigenvalue weighted by Crippen LogP contribution is -2.18. The van der Waals surface area contributed by atoms with Gasteiger partial charge < -0.3 is 19.5 Å².